The lowest BCUT2D eigenvalue weighted by atomic mass is 10.1. The third-order valence-corrected chi connectivity index (χ3v) is 2.98. The Kier molecular flexibility index (Phi) is 3.67. The molecule has 19 heavy (non-hydrogen) atoms. The van der Waals surface area contributed by atoms with E-state index >= 15 is 0 Å². The summed E-state index contributed by atoms with van der Waals surface area (Å²) in [5.74, 6) is -0.281. The number of nitrogens with two attached hydrogens (primary N) is 1. The number of hydrogen-bond acceptors (Lipinski definition) is 3. The fraction of sp³-hybridized carbons (Fsp3) is 0.133. The number of halogens is 1. The smallest absolute Gasteiger partial charge is 0.125 e. The first-order valence-corrected chi connectivity index (χ1v) is 5.86. The molecule has 0 aromatic heterocycles. The molecular weight excluding hydrogens is 241 g/mol. The van der Waals surface area contributed by atoms with Crippen LogP contribution in [0.5, 0.6) is 0 Å². The van der Waals surface area contributed by atoms with Gasteiger partial charge < -0.3 is 10.6 Å². The largest absolute Gasteiger partial charge is 0.398 e. The maximum absolute atomic E-state index is 13.2. The van der Waals surface area contributed by atoms with Gasteiger partial charge in [-0.15, -0.1) is 0 Å². The second-order valence-electron chi connectivity index (χ2n) is 4.26. The predicted molar refractivity (Wildman–Crippen MR) is 74.6 cm³/mol. The van der Waals surface area contributed by atoms with Crippen molar-refractivity contribution in [2.24, 2.45) is 0 Å². The molecule has 0 fully saturated rings. The van der Waals surface area contributed by atoms with Crippen molar-refractivity contribution in [3.8, 4) is 6.07 Å². The fourth-order valence-corrected chi connectivity index (χ4v) is 1.87. The van der Waals surface area contributed by atoms with E-state index in [0.29, 0.717) is 5.69 Å². The van der Waals surface area contributed by atoms with Gasteiger partial charge in [0, 0.05) is 24.1 Å². The van der Waals surface area contributed by atoms with Crippen molar-refractivity contribution < 1.29 is 4.39 Å². The second-order valence-corrected chi connectivity index (χ2v) is 4.26. The van der Waals surface area contributed by atoms with Gasteiger partial charge in [0.15, 0.2) is 0 Å². The molecule has 0 aliphatic carbocycles. The van der Waals surface area contributed by atoms with Crippen LogP contribution in [0.4, 0.5) is 21.5 Å². The van der Waals surface area contributed by atoms with Crippen LogP contribution in [0.25, 0.3) is 0 Å². The normalized spacial score (nSPS) is 9.95. The lowest BCUT2D eigenvalue weighted by Crippen LogP contribution is -2.10. The molecule has 0 radical (unpaired) electrons. The van der Waals surface area contributed by atoms with Gasteiger partial charge in [-0.3, -0.25) is 0 Å². The molecule has 96 valence electrons. The molecule has 3 nitrogen and oxygen atoms in total. The first-order valence-electron chi connectivity index (χ1n) is 5.86. The van der Waals surface area contributed by atoms with Crippen molar-refractivity contribution in [1.82, 2.24) is 0 Å². The Labute approximate surface area is 111 Å². The van der Waals surface area contributed by atoms with Crippen molar-refractivity contribution in [2.75, 3.05) is 17.7 Å². The molecule has 2 N–H and O–H groups in total. The molecule has 0 saturated carbocycles. The van der Waals surface area contributed by atoms with Crippen molar-refractivity contribution in [3.63, 3.8) is 0 Å². The molecule has 2 aromatic carbocycles. The molecule has 0 atom stereocenters. The predicted octanol–water partition coefficient (Wildman–Crippen LogP) is 3.24. The molecule has 2 rings (SSSR count). The Bertz CT molecular complexity index is 632. The summed E-state index contributed by atoms with van der Waals surface area (Å²) < 4.78 is 13.2. The van der Waals surface area contributed by atoms with Crippen molar-refractivity contribution >= 4 is 17.1 Å². The van der Waals surface area contributed by atoms with E-state index in [2.05, 4.69) is 6.07 Å². The molecule has 0 unspecified atom stereocenters. The molecule has 0 aliphatic heterocycles. The SMILES string of the molecule is CN(c1cccc(F)c1)c1ccc(N)c(CC#N)c1. The Morgan fingerprint density at radius 3 is 2.63 bits per heavy atom. The van der Waals surface area contributed by atoms with Crippen LogP contribution in [0.15, 0.2) is 42.5 Å². The fourth-order valence-electron chi connectivity index (χ4n) is 1.87. The summed E-state index contributed by atoms with van der Waals surface area (Å²) in [6.45, 7) is 0. The van der Waals surface area contributed by atoms with E-state index in [0.717, 1.165) is 16.9 Å². The average Bonchev–Trinajstić information content (AvgIpc) is 2.41. The summed E-state index contributed by atoms with van der Waals surface area (Å²) in [7, 11) is 1.84. The Balaban J connectivity index is 2.36. The molecule has 4 heteroatoms. The van der Waals surface area contributed by atoms with Gasteiger partial charge in [-0.25, -0.2) is 4.39 Å². The summed E-state index contributed by atoms with van der Waals surface area (Å²) >= 11 is 0. The van der Waals surface area contributed by atoms with Crippen molar-refractivity contribution in [1.29, 1.82) is 5.26 Å². The first kappa shape index (κ1) is 12.9. The third kappa shape index (κ3) is 2.83. The molecule has 0 saturated heterocycles. The molecule has 2 aromatic rings. The van der Waals surface area contributed by atoms with Gasteiger partial charge in [-0.2, -0.15) is 5.26 Å². The zero-order valence-electron chi connectivity index (χ0n) is 10.6. The van der Waals surface area contributed by atoms with E-state index in [9.17, 15) is 4.39 Å². The van der Waals surface area contributed by atoms with Crippen LogP contribution < -0.4 is 10.6 Å². The van der Waals surface area contributed by atoms with Crippen molar-refractivity contribution in [3.05, 3.63) is 53.8 Å². The minimum absolute atomic E-state index is 0.261. The van der Waals surface area contributed by atoms with Gasteiger partial charge >= 0.3 is 0 Å². The number of nitrogen functional groups attached to an aromatic ring is 1. The first-order chi connectivity index (χ1) is 9.11. The maximum Gasteiger partial charge on any atom is 0.125 e. The summed E-state index contributed by atoms with van der Waals surface area (Å²) in [4.78, 5) is 1.85. The van der Waals surface area contributed by atoms with E-state index in [1.165, 1.54) is 12.1 Å². The highest BCUT2D eigenvalue weighted by molar-refractivity contribution is 5.66. The van der Waals surface area contributed by atoms with E-state index < -0.39 is 0 Å². The number of rotatable bonds is 3. The second kappa shape index (κ2) is 5.40. The number of nitriles is 1. The van der Waals surface area contributed by atoms with E-state index in [1.807, 2.05) is 30.1 Å². The maximum atomic E-state index is 13.2. The quantitative estimate of drug-likeness (QED) is 0.856. The zero-order chi connectivity index (χ0) is 13.8. The minimum atomic E-state index is -0.281. The lowest BCUT2D eigenvalue weighted by Gasteiger charge is -2.20. The average molecular weight is 255 g/mol. The monoisotopic (exact) mass is 255 g/mol. The highest BCUT2D eigenvalue weighted by Gasteiger charge is 2.07. The molecule has 0 bridgehead atoms. The van der Waals surface area contributed by atoms with E-state index in [1.54, 1.807) is 12.1 Å². The van der Waals surface area contributed by atoms with Crippen LogP contribution in [-0.2, 0) is 6.42 Å². The molecule has 0 spiro atoms. The number of hydrogen-bond donors (Lipinski definition) is 1. The molecule has 0 aliphatic rings. The summed E-state index contributed by atoms with van der Waals surface area (Å²) in [6, 6.07) is 13.9. The molecule has 0 heterocycles. The van der Waals surface area contributed by atoms with Crippen LogP contribution in [0.1, 0.15) is 5.56 Å². The Morgan fingerprint density at radius 1 is 1.21 bits per heavy atom. The van der Waals surface area contributed by atoms with E-state index in [4.69, 9.17) is 11.0 Å². The minimum Gasteiger partial charge on any atom is -0.398 e. The van der Waals surface area contributed by atoms with Gasteiger partial charge in [-0.05, 0) is 42.0 Å². The van der Waals surface area contributed by atoms with E-state index in [-0.39, 0.29) is 12.2 Å². The molecule has 0 amide bonds. The van der Waals surface area contributed by atoms with Gasteiger partial charge in [0.2, 0.25) is 0 Å². The zero-order valence-corrected chi connectivity index (χ0v) is 10.6. The lowest BCUT2D eigenvalue weighted by molar-refractivity contribution is 0.628. The number of benzene rings is 2. The van der Waals surface area contributed by atoms with Gasteiger partial charge in [-0.1, -0.05) is 6.07 Å². The Morgan fingerprint density at radius 2 is 1.95 bits per heavy atom. The molecular formula is C15H14FN3. The topological polar surface area (TPSA) is 53.0 Å². The van der Waals surface area contributed by atoms with Crippen LogP contribution in [-0.4, -0.2) is 7.05 Å². The summed E-state index contributed by atoms with van der Waals surface area (Å²) in [6.07, 6.45) is 0.261. The standard InChI is InChI=1S/C15H14FN3/c1-19(13-4-2-3-12(16)10-13)14-5-6-15(18)11(9-14)7-8-17/h2-6,9-10H,7,18H2,1H3. The van der Waals surface area contributed by atoms with Crippen LogP contribution in [0.3, 0.4) is 0 Å². The van der Waals surface area contributed by atoms with Crippen LogP contribution >= 0.6 is 0 Å². The number of anilines is 3. The van der Waals surface area contributed by atoms with Crippen molar-refractivity contribution in [2.45, 2.75) is 6.42 Å². The van der Waals surface area contributed by atoms with Crippen LogP contribution in [0, 0.1) is 17.1 Å². The summed E-state index contributed by atoms with van der Waals surface area (Å²) in [5, 5.41) is 8.76. The highest BCUT2D eigenvalue weighted by atomic mass is 19.1. The summed E-state index contributed by atoms with van der Waals surface area (Å²) in [5.41, 5.74) is 8.79. The third-order valence-electron chi connectivity index (χ3n) is 2.98. The van der Waals surface area contributed by atoms with Gasteiger partial charge in [0.1, 0.15) is 5.82 Å². The number of nitrogens with zero attached hydrogens (tertiary/aromatic N) is 2. The van der Waals surface area contributed by atoms with Gasteiger partial charge in [0.25, 0.3) is 0 Å². The van der Waals surface area contributed by atoms with Crippen LogP contribution in [0.2, 0.25) is 0 Å². The highest BCUT2D eigenvalue weighted by Crippen LogP contribution is 2.27. The van der Waals surface area contributed by atoms with Gasteiger partial charge in [0.05, 0.1) is 12.5 Å². The Hall–Kier alpha value is -2.54.